The lowest BCUT2D eigenvalue weighted by atomic mass is 10.3. The molecule has 1 N–H and O–H groups in total. The summed E-state index contributed by atoms with van der Waals surface area (Å²) >= 11 is 0. The number of nitrogens with zero attached hydrogens (tertiary/aromatic N) is 2. The summed E-state index contributed by atoms with van der Waals surface area (Å²) in [6.45, 7) is 5.12. The van der Waals surface area contributed by atoms with Crippen molar-refractivity contribution in [3.8, 4) is 0 Å². The summed E-state index contributed by atoms with van der Waals surface area (Å²) in [7, 11) is -0.308. The highest BCUT2D eigenvalue weighted by Gasteiger charge is 2.31. The standard InChI is InChI=1S/C11H25N3O4S/c1-11-10-14(5-4-12-11)19(15,16)13(6-8-17-2)7-9-18-3/h11-12H,4-10H2,1-3H3. The second-order valence-electron chi connectivity index (χ2n) is 4.61. The molecule has 19 heavy (non-hydrogen) atoms. The number of hydrogen-bond acceptors (Lipinski definition) is 5. The second kappa shape index (κ2) is 8.13. The molecule has 7 nitrogen and oxygen atoms in total. The van der Waals surface area contributed by atoms with Gasteiger partial charge in [0.25, 0.3) is 10.2 Å². The first-order chi connectivity index (χ1) is 9.02. The first-order valence-electron chi connectivity index (χ1n) is 6.49. The lowest BCUT2D eigenvalue weighted by molar-refractivity contribution is 0.145. The van der Waals surface area contributed by atoms with Crippen molar-refractivity contribution in [2.45, 2.75) is 13.0 Å². The Balaban J connectivity index is 2.72. The van der Waals surface area contributed by atoms with Gasteiger partial charge >= 0.3 is 0 Å². The average molecular weight is 295 g/mol. The minimum Gasteiger partial charge on any atom is -0.383 e. The molecule has 0 aromatic carbocycles. The van der Waals surface area contributed by atoms with E-state index < -0.39 is 10.2 Å². The van der Waals surface area contributed by atoms with E-state index in [-0.39, 0.29) is 6.04 Å². The summed E-state index contributed by atoms with van der Waals surface area (Å²) in [5, 5.41) is 3.24. The van der Waals surface area contributed by atoms with Crippen LogP contribution in [0.2, 0.25) is 0 Å². The summed E-state index contributed by atoms with van der Waals surface area (Å²) in [5.74, 6) is 0. The van der Waals surface area contributed by atoms with Gasteiger partial charge in [0.15, 0.2) is 0 Å². The molecule has 1 unspecified atom stereocenters. The van der Waals surface area contributed by atoms with Crippen LogP contribution in [0.4, 0.5) is 0 Å². The van der Waals surface area contributed by atoms with Crippen LogP contribution in [0.1, 0.15) is 6.92 Å². The first-order valence-corrected chi connectivity index (χ1v) is 7.88. The maximum atomic E-state index is 12.6. The molecule has 1 fully saturated rings. The third-order valence-electron chi connectivity index (χ3n) is 3.07. The number of ether oxygens (including phenoxy) is 2. The molecule has 0 aliphatic carbocycles. The van der Waals surface area contributed by atoms with Crippen LogP contribution in [0.25, 0.3) is 0 Å². The minimum absolute atomic E-state index is 0.176. The van der Waals surface area contributed by atoms with Gasteiger partial charge < -0.3 is 14.8 Å². The van der Waals surface area contributed by atoms with Gasteiger partial charge in [-0.25, -0.2) is 0 Å². The van der Waals surface area contributed by atoms with Crippen LogP contribution in [0.3, 0.4) is 0 Å². The third-order valence-corrected chi connectivity index (χ3v) is 5.08. The van der Waals surface area contributed by atoms with Gasteiger partial charge in [0.1, 0.15) is 0 Å². The number of methoxy groups -OCH3 is 2. The topological polar surface area (TPSA) is 71.1 Å². The van der Waals surface area contributed by atoms with E-state index in [1.54, 1.807) is 14.2 Å². The van der Waals surface area contributed by atoms with Crippen molar-refractivity contribution in [2.75, 3.05) is 60.2 Å². The van der Waals surface area contributed by atoms with Crippen molar-refractivity contribution in [2.24, 2.45) is 0 Å². The Bertz CT molecular complexity index is 342. The summed E-state index contributed by atoms with van der Waals surface area (Å²) in [6.07, 6.45) is 0. The number of hydrogen-bond donors (Lipinski definition) is 1. The summed E-state index contributed by atoms with van der Waals surface area (Å²) in [6, 6.07) is 0.176. The Labute approximate surface area is 116 Å². The van der Waals surface area contributed by atoms with Gasteiger partial charge in [-0.3, -0.25) is 0 Å². The quantitative estimate of drug-likeness (QED) is 0.630. The number of rotatable bonds is 8. The van der Waals surface area contributed by atoms with E-state index in [9.17, 15) is 8.42 Å². The molecule has 1 rings (SSSR count). The first kappa shape index (κ1) is 16.8. The predicted octanol–water partition coefficient (Wildman–Crippen LogP) is -0.880. The second-order valence-corrected chi connectivity index (χ2v) is 6.53. The van der Waals surface area contributed by atoms with Gasteiger partial charge in [0, 0.05) is 53.0 Å². The van der Waals surface area contributed by atoms with Crippen molar-refractivity contribution in [1.82, 2.24) is 13.9 Å². The highest BCUT2D eigenvalue weighted by Crippen LogP contribution is 2.11. The van der Waals surface area contributed by atoms with Gasteiger partial charge in [-0.2, -0.15) is 17.0 Å². The molecule has 0 bridgehead atoms. The lowest BCUT2D eigenvalue weighted by Crippen LogP contribution is -2.55. The Morgan fingerprint density at radius 2 is 1.84 bits per heavy atom. The van der Waals surface area contributed by atoms with Crippen LogP contribution >= 0.6 is 0 Å². The molecule has 114 valence electrons. The molecular formula is C11H25N3O4S. The molecular weight excluding hydrogens is 270 g/mol. The van der Waals surface area contributed by atoms with Gasteiger partial charge in [-0.15, -0.1) is 0 Å². The van der Waals surface area contributed by atoms with Crippen LogP contribution in [0.15, 0.2) is 0 Å². The normalized spacial score (nSPS) is 22.0. The fourth-order valence-electron chi connectivity index (χ4n) is 2.00. The smallest absolute Gasteiger partial charge is 0.282 e. The Morgan fingerprint density at radius 3 is 2.32 bits per heavy atom. The number of nitrogens with one attached hydrogen (secondary N) is 1. The average Bonchev–Trinajstić information content (AvgIpc) is 2.38. The molecule has 0 amide bonds. The Kier molecular flexibility index (Phi) is 7.19. The van der Waals surface area contributed by atoms with Crippen LogP contribution < -0.4 is 5.32 Å². The number of piperazine rings is 1. The van der Waals surface area contributed by atoms with Crippen molar-refractivity contribution in [3.05, 3.63) is 0 Å². The minimum atomic E-state index is -3.43. The molecule has 1 saturated heterocycles. The maximum Gasteiger partial charge on any atom is 0.282 e. The van der Waals surface area contributed by atoms with Crippen LogP contribution in [0.5, 0.6) is 0 Å². The zero-order chi connectivity index (χ0) is 14.3. The Hall–Kier alpha value is -0.250. The van der Waals surface area contributed by atoms with E-state index >= 15 is 0 Å². The lowest BCUT2D eigenvalue weighted by Gasteiger charge is -2.34. The highest BCUT2D eigenvalue weighted by atomic mass is 32.2. The van der Waals surface area contributed by atoms with E-state index in [1.165, 1.54) is 8.61 Å². The van der Waals surface area contributed by atoms with Gasteiger partial charge in [0.2, 0.25) is 0 Å². The summed E-state index contributed by atoms with van der Waals surface area (Å²) < 4.78 is 38.0. The largest absolute Gasteiger partial charge is 0.383 e. The molecule has 1 aliphatic heterocycles. The molecule has 8 heteroatoms. The van der Waals surface area contributed by atoms with Gasteiger partial charge in [-0.1, -0.05) is 0 Å². The van der Waals surface area contributed by atoms with E-state index in [2.05, 4.69) is 5.32 Å². The fourth-order valence-corrected chi connectivity index (χ4v) is 3.67. The molecule has 0 aromatic rings. The molecule has 0 radical (unpaired) electrons. The van der Waals surface area contributed by atoms with E-state index in [0.717, 1.165) is 0 Å². The fraction of sp³-hybridized carbons (Fsp3) is 1.00. The summed E-state index contributed by atoms with van der Waals surface area (Å²) in [5.41, 5.74) is 0. The molecule has 1 heterocycles. The van der Waals surface area contributed by atoms with Crippen molar-refractivity contribution in [3.63, 3.8) is 0 Å². The van der Waals surface area contributed by atoms with E-state index in [0.29, 0.717) is 45.9 Å². The molecule has 1 atom stereocenters. The van der Waals surface area contributed by atoms with Crippen molar-refractivity contribution >= 4 is 10.2 Å². The van der Waals surface area contributed by atoms with Crippen LogP contribution in [-0.4, -0.2) is 83.2 Å². The zero-order valence-electron chi connectivity index (χ0n) is 12.0. The van der Waals surface area contributed by atoms with Gasteiger partial charge in [-0.05, 0) is 6.92 Å². The maximum absolute atomic E-state index is 12.6. The van der Waals surface area contributed by atoms with E-state index in [4.69, 9.17) is 9.47 Å². The summed E-state index contributed by atoms with van der Waals surface area (Å²) in [4.78, 5) is 0. The third kappa shape index (κ3) is 4.97. The SMILES string of the molecule is COCCN(CCOC)S(=O)(=O)N1CCNC(C)C1. The van der Waals surface area contributed by atoms with E-state index in [1.807, 2.05) is 6.92 Å². The zero-order valence-corrected chi connectivity index (χ0v) is 12.8. The van der Waals surface area contributed by atoms with Gasteiger partial charge in [0.05, 0.1) is 13.2 Å². The predicted molar refractivity (Wildman–Crippen MR) is 73.3 cm³/mol. The Morgan fingerprint density at radius 1 is 1.26 bits per heavy atom. The monoisotopic (exact) mass is 295 g/mol. The van der Waals surface area contributed by atoms with Crippen LogP contribution in [-0.2, 0) is 19.7 Å². The van der Waals surface area contributed by atoms with Crippen molar-refractivity contribution < 1.29 is 17.9 Å². The molecule has 0 saturated carbocycles. The molecule has 0 aromatic heterocycles. The van der Waals surface area contributed by atoms with Crippen LogP contribution in [0, 0.1) is 0 Å². The van der Waals surface area contributed by atoms with Crippen molar-refractivity contribution in [1.29, 1.82) is 0 Å². The molecule has 1 aliphatic rings. The highest BCUT2D eigenvalue weighted by molar-refractivity contribution is 7.86. The molecule has 0 spiro atoms.